The highest BCUT2D eigenvalue weighted by Gasteiger charge is 2.05. The van der Waals surface area contributed by atoms with E-state index >= 15 is 0 Å². The van der Waals surface area contributed by atoms with Crippen molar-refractivity contribution < 1.29 is 4.42 Å². The fraction of sp³-hybridized carbons (Fsp3) is 0.333. The Bertz CT molecular complexity index is 424. The van der Waals surface area contributed by atoms with E-state index in [1.165, 1.54) is 8.66 Å². The molecule has 0 saturated carbocycles. The lowest BCUT2D eigenvalue weighted by Crippen LogP contribution is -2.26. The molecule has 4 heteroatoms. The van der Waals surface area contributed by atoms with Crippen molar-refractivity contribution in [3.8, 4) is 0 Å². The Morgan fingerprint density at radius 2 is 2.31 bits per heavy atom. The molecule has 1 unspecified atom stereocenters. The SMILES string of the molecule is CC(Cc1ccco1)NCc1ccc(Br)s1. The van der Waals surface area contributed by atoms with Crippen LogP contribution in [0, 0.1) is 0 Å². The molecule has 0 aliphatic carbocycles. The van der Waals surface area contributed by atoms with Gasteiger partial charge in [-0.1, -0.05) is 0 Å². The number of rotatable bonds is 5. The van der Waals surface area contributed by atoms with Gasteiger partial charge in [0.05, 0.1) is 10.0 Å². The topological polar surface area (TPSA) is 25.2 Å². The normalized spacial score (nSPS) is 12.9. The lowest BCUT2D eigenvalue weighted by Gasteiger charge is -2.11. The maximum absolute atomic E-state index is 5.32. The van der Waals surface area contributed by atoms with Crippen LogP contribution in [0.3, 0.4) is 0 Å². The Hall–Kier alpha value is -0.580. The van der Waals surface area contributed by atoms with Crippen LogP contribution in [0.25, 0.3) is 0 Å². The molecule has 1 atom stereocenters. The van der Waals surface area contributed by atoms with Gasteiger partial charge in [-0.3, -0.25) is 0 Å². The zero-order chi connectivity index (χ0) is 11.4. The van der Waals surface area contributed by atoms with Gasteiger partial charge >= 0.3 is 0 Å². The van der Waals surface area contributed by atoms with Crippen LogP contribution in [0.4, 0.5) is 0 Å². The van der Waals surface area contributed by atoms with Gasteiger partial charge in [-0.05, 0) is 47.1 Å². The predicted octanol–water partition coefficient (Wildman–Crippen LogP) is 3.82. The first-order chi connectivity index (χ1) is 7.74. The number of halogens is 1. The van der Waals surface area contributed by atoms with Gasteiger partial charge in [-0.15, -0.1) is 11.3 Å². The molecule has 0 aliphatic rings. The van der Waals surface area contributed by atoms with E-state index < -0.39 is 0 Å². The molecule has 2 nitrogen and oxygen atoms in total. The van der Waals surface area contributed by atoms with Crippen molar-refractivity contribution in [3.05, 3.63) is 45.0 Å². The molecule has 0 bridgehead atoms. The Balaban J connectivity index is 1.77. The summed E-state index contributed by atoms with van der Waals surface area (Å²) in [6.45, 7) is 3.09. The molecule has 2 heterocycles. The van der Waals surface area contributed by atoms with Crippen molar-refractivity contribution in [2.24, 2.45) is 0 Å². The number of furan rings is 1. The lowest BCUT2D eigenvalue weighted by molar-refractivity contribution is 0.457. The summed E-state index contributed by atoms with van der Waals surface area (Å²) in [4.78, 5) is 1.35. The summed E-state index contributed by atoms with van der Waals surface area (Å²) >= 11 is 5.23. The third-order valence-corrected chi connectivity index (χ3v) is 3.96. The third kappa shape index (κ3) is 3.47. The van der Waals surface area contributed by atoms with Crippen molar-refractivity contribution in [1.82, 2.24) is 5.32 Å². The van der Waals surface area contributed by atoms with E-state index in [1.54, 1.807) is 17.6 Å². The van der Waals surface area contributed by atoms with Gasteiger partial charge < -0.3 is 9.73 Å². The standard InChI is InChI=1S/C12H14BrNOS/c1-9(7-10-3-2-6-15-10)14-8-11-4-5-12(13)16-11/h2-6,9,14H,7-8H2,1H3. The first-order valence-electron chi connectivity index (χ1n) is 5.24. The fourth-order valence-electron chi connectivity index (χ4n) is 1.52. The van der Waals surface area contributed by atoms with Gasteiger partial charge in [-0.2, -0.15) is 0 Å². The van der Waals surface area contributed by atoms with E-state index in [2.05, 4.69) is 40.3 Å². The summed E-state index contributed by atoms with van der Waals surface area (Å²) in [7, 11) is 0. The Morgan fingerprint density at radius 1 is 1.44 bits per heavy atom. The smallest absolute Gasteiger partial charge is 0.105 e. The van der Waals surface area contributed by atoms with Gasteiger partial charge in [-0.25, -0.2) is 0 Å². The van der Waals surface area contributed by atoms with E-state index in [0.717, 1.165) is 18.7 Å². The second-order valence-electron chi connectivity index (χ2n) is 3.77. The van der Waals surface area contributed by atoms with Gasteiger partial charge in [0.25, 0.3) is 0 Å². The van der Waals surface area contributed by atoms with Crippen molar-refractivity contribution in [2.75, 3.05) is 0 Å². The van der Waals surface area contributed by atoms with Gasteiger partial charge in [0.1, 0.15) is 5.76 Å². The molecule has 0 fully saturated rings. The Kier molecular flexibility index (Phi) is 4.21. The van der Waals surface area contributed by atoms with Crippen LogP contribution < -0.4 is 5.32 Å². The van der Waals surface area contributed by atoms with Crippen LogP contribution >= 0.6 is 27.3 Å². The van der Waals surface area contributed by atoms with Crippen LogP contribution in [0.15, 0.2) is 38.7 Å². The quantitative estimate of drug-likeness (QED) is 0.908. The Labute approximate surface area is 108 Å². The summed E-state index contributed by atoms with van der Waals surface area (Å²) in [5.74, 6) is 1.03. The van der Waals surface area contributed by atoms with Crippen LogP contribution in [0.2, 0.25) is 0 Å². The van der Waals surface area contributed by atoms with Crippen molar-refractivity contribution in [1.29, 1.82) is 0 Å². The summed E-state index contributed by atoms with van der Waals surface area (Å²) in [6.07, 6.45) is 2.65. The first-order valence-corrected chi connectivity index (χ1v) is 6.85. The predicted molar refractivity (Wildman–Crippen MR) is 70.7 cm³/mol. The van der Waals surface area contributed by atoms with E-state index in [-0.39, 0.29) is 0 Å². The van der Waals surface area contributed by atoms with Crippen LogP contribution in [-0.2, 0) is 13.0 Å². The molecule has 1 N–H and O–H groups in total. The molecule has 2 aromatic heterocycles. The van der Waals surface area contributed by atoms with E-state index in [9.17, 15) is 0 Å². The molecule has 0 aromatic carbocycles. The summed E-state index contributed by atoms with van der Waals surface area (Å²) in [5.41, 5.74) is 0. The van der Waals surface area contributed by atoms with Crippen LogP contribution in [-0.4, -0.2) is 6.04 Å². The van der Waals surface area contributed by atoms with E-state index in [4.69, 9.17) is 4.42 Å². The highest BCUT2D eigenvalue weighted by Crippen LogP contribution is 2.21. The largest absolute Gasteiger partial charge is 0.469 e. The maximum atomic E-state index is 5.32. The van der Waals surface area contributed by atoms with Crippen LogP contribution in [0.5, 0.6) is 0 Å². The van der Waals surface area contributed by atoms with Crippen LogP contribution in [0.1, 0.15) is 17.6 Å². The molecule has 2 aromatic rings. The van der Waals surface area contributed by atoms with Crippen molar-refractivity contribution in [3.63, 3.8) is 0 Å². The van der Waals surface area contributed by atoms with E-state index in [0.29, 0.717) is 6.04 Å². The van der Waals surface area contributed by atoms with Gasteiger partial charge in [0.2, 0.25) is 0 Å². The monoisotopic (exact) mass is 299 g/mol. The molecular formula is C12H14BrNOS. The minimum atomic E-state index is 0.423. The molecule has 0 aliphatic heterocycles. The maximum Gasteiger partial charge on any atom is 0.105 e. The zero-order valence-corrected chi connectivity index (χ0v) is 11.5. The minimum Gasteiger partial charge on any atom is -0.469 e. The highest BCUT2D eigenvalue weighted by atomic mass is 79.9. The van der Waals surface area contributed by atoms with Gasteiger partial charge in [0, 0.05) is 23.9 Å². The van der Waals surface area contributed by atoms with Crippen molar-refractivity contribution >= 4 is 27.3 Å². The number of thiophene rings is 1. The number of nitrogens with one attached hydrogen (secondary N) is 1. The lowest BCUT2D eigenvalue weighted by atomic mass is 10.2. The Morgan fingerprint density at radius 3 is 2.94 bits per heavy atom. The number of hydrogen-bond donors (Lipinski definition) is 1. The minimum absolute atomic E-state index is 0.423. The molecule has 0 radical (unpaired) electrons. The second-order valence-corrected chi connectivity index (χ2v) is 6.32. The van der Waals surface area contributed by atoms with E-state index in [1.807, 2.05) is 12.1 Å². The zero-order valence-electron chi connectivity index (χ0n) is 9.07. The summed E-state index contributed by atoms with van der Waals surface area (Å²) in [6, 6.07) is 8.59. The first kappa shape index (κ1) is 11.9. The van der Waals surface area contributed by atoms with Crippen molar-refractivity contribution in [2.45, 2.75) is 25.9 Å². The molecule has 86 valence electrons. The number of hydrogen-bond acceptors (Lipinski definition) is 3. The average Bonchev–Trinajstić information content (AvgIpc) is 2.87. The summed E-state index contributed by atoms with van der Waals surface area (Å²) in [5, 5.41) is 3.48. The molecule has 2 rings (SSSR count). The average molecular weight is 300 g/mol. The highest BCUT2D eigenvalue weighted by molar-refractivity contribution is 9.11. The molecule has 16 heavy (non-hydrogen) atoms. The molecule has 0 spiro atoms. The third-order valence-electron chi connectivity index (χ3n) is 2.34. The fourth-order valence-corrected chi connectivity index (χ4v) is 2.96. The second kappa shape index (κ2) is 5.66. The molecular weight excluding hydrogens is 286 g/mol. The molecule has 0 saturated heterocycles. The molecule has 0 amide bonds. The van der Waals surface area contributed by atoms with Gasteiger partial charge in [0.15, 0.2) is 0 Å². The summed E-state index contributed by atoms with van der Waals surface area (Å²) < 4.78 is 6.50.